The van der Waals surface area contributed by atoms with Gasteiger partial charge in [-0.3, -0.25) is 9.36 Å². The zero-order chi connectivity index (χ0) is 26.4. The molecule has 0 atom stereocenters. The van der Waals surface area contributed by atoms with Crippen LogP contribution < -0.4 is 5.32 Å². The van der Waals surface area contributed by atoms with Crippen molar-refractivity contribution in [2.24, 2.45) is 0 Å². The second-order valence-electron chi connectivity index (χ2n) is 9.31. The van der Waals surface area contributed by atoms with Crippen LogP contribution in [0.1, 0.15) is 72.3 Å². The van der Waals surface area contributed by atoms with Crippen molar-refractivity contribution in [2.45, 2.75) is 70.5 Å². The third-order valence-electron chi connectivity index (χ3n) is 6.35. The van der Waals surface area contributed by atoms with E-state index in [2.05, 4.69) is 60.2 Å². The fraction of sp³-hybridized carbons (Fsp3) is 0.429. The van der Waals surface area contributed by atoms with E-state index in [0.29, 0.717) is 34.8 Å². The second kappa shape index (κ2) is 12.6. The Hall–Kier alpha value is -2.91. The summed E-state index contributed by atoms with van der Waals surface area (Å²) in [5.74, 6) is 0.788. The molecule has 0 bridgehead atoms. The van der Waals surface area contributed by atoms with Crippen LogP contribution in [0.2, 0.25) is 0 Å². The maximum Gasteiger partial charge on any atom is 0.341 e. The number of aromatic nitrogens is 3. The zero-order valence-corrected chi connectivity index (χ0v) is 23.3. The molecule has 2 aromatic heterocycles. The first-order chi connectivity index (χ1) is 17.9. The lowest BCUT2D eigenvalue weighted by Crippen LogP contribution is -2.17. The van der Waals surface area contributed by atoms with Crippen LogP contribution >= 0.6 is 23.1 Å². The molecule has 0 saturated heterocycles. The van der Waals surface area contributed by atoms with E-state index in [9.17, 15) is 9.59 Å². The number of aryl methyl sites for hydroxylation is 1. The maximum absolute atomic E-state index is 13.0. The number of esters is 1. The van der Waals surface area contributed by atoms with Gasteiger partial charge >= 0.3 is 5.97 Å². The average Bonchev–Trinajstić information content (AvgIpc) is 3.35. The molecule has 0 saturated carbocycles. The van der Waals surface area contributed by atoms with Crippen LogP contribution in [-0.4, -0.2) is 39.0 Å². The third-order valence-corrected chi connectivity index (χ3v) is 8.52. The van der Waals surface area contributed by atoms with Crippen LogP contribution in [0.5, 0.6) is 0 Å². The summed E-state index contributed by atoms with van der Waals surface area (Å²) in [7, 11) is 0. The monoisotopic (exact) mass is 538 g/mol. The normalized spacial score (nSPS) is 13.2. The Morgan fingerprint density at radius 2 is 1.95 bits per heavy atom. The lowest BCUT2D eigenvalue weighted by atomic mass is 10.0. The van der Waals surface area contributed by atoms with E-state index >= 15 is 0 Å². The van der Waals surface area contributed by atoms with E-state index in [-0.39, 0.29) is 17.6 Å². The van der Waals surface area contributed by atoms with Crippen LogP contribution in [0.3, 0.4) is 0 Å². The van der Waals surface area contributed by atoms with E-state index in [1.54, 1.807) is 13.0 Å². The van der Waals surface area contributed by atoms with Crippen molar-refractivity contribution in [3.63, 3.8) is 0 Å². The zero-order valence-electron chi connectivity index (χ0n) is 21.7. The second-order valence-corrected chi connectivity index (χ2v) is 11.4. The number of amides is 1. The highest BCUT2D eigenvalue weighted by Gasteiger charge is 2.27. The first kappa shape index (κ1) is 27.1. The molecule has 0 aliphatic heterocycles. The highest BCUT2D eigenvalue weighted by Crippen LogP contribution is 2.38. The Bertz CT molecular complexity index is 1260. The Balaban J connectivity index is 1.50. The first-order valence-electron chi connectivity index (χ1n) is 12.8. The minimum atomic E-state index is -0.358. The van der Waals surface area contributed by atoms with Gasteiger partial charge in [0.2, 0.25) is 5.91 Å². The van der Waals surface area contributed by atoms with E-state index in [1.165, 1.54) is 33.5 Å². The fourth-order valence-corrected chi connectivity index (χ4v) is 6.50. The van der Waals surface area contributed by atoms with Crippen LogP contribution in [-0.2, 0) is 28.9 Å². The first-order valence-corrected chi connectivity index (χ1v) is 14.6. The summed E-state index contributed by atoms with van der Waals surface area (Å²) in [6.45, 7) is 10.8. The molecule has 0 unspecified atom stereocenters. The summed E-state index contributed by atoms with van der Waals surface area (Å²) >= 11 is 2.83. The molecule has 3 aromatic rings. The van der Waals surface area contributed by atoms with Crippen LogP contribution in [0.15, 0.2) is 42.1 Å². The van der Waals surface area contributed by atoms with Crippen molar-refractivity contribution in [1.29, 1.82) is 0 Å². The third kappa shape index (κ3) is 6.33. The highest BCUT2D eigenvalue weighted by atomic mass is 32.2. The van der Waals surface area contributed by atoms with Crippen molar-refractivity contribution in [3.8, 4) is 11.4 Å². The largest absolute Gasteiger partial charge is 0.462 e. The van der Waals surface area contributed by atoms with Gasteiger partial charge in [0.1, 0.15) is 5.00 Å². The molecule has 1 aromatic carbocycles. The lowest BCUT2D eigenvalue weighted by molar-refractivity contribution is -0.113. The van der Waals surface area contributed by atoms with Crippen molar-refractivity contribution in [1.82, 2.24) is 14.8 Å². The molecule has 1 aliphatic carbocycles. The van der Waals surface area contributed by atoms with Crippen molar-refractivity contribution < 1.29 is 14.3 Å². The minimum absolute atomic E-state index is 0.145. The molecule has 4 rings (SSSR count). The molecule has 0 radical (unpaired) electrons. The number of ether oxygens (including phenoxy) is 1. The predicted octanol–water partition coefficient (Wildman–Crippen LogP) is 6.49. The van der Waals surface area contributed by atoms with Gasteiger partial charge in [0.05, 0.1) is 17.9 Å². The Morgan fingerprint density at radius 3 is 2.65 bits per heavy atom. The Labute approximate surface area is 226 Å². The van der Waals surface area contributed by atoms with Crippen LogP contribution in [0.25, 0.3) is 11.4 Å². The lowest BCUT2D eigenvalue weighted by Gasteiger charge is -2.10. The van der Waals surface area contributed by atoms with Crippen molar-refractivity contribution in [2.75, 3.05) is 17.7 Å². The molecular formula is C28H34N4O3S2. The van der Waals surface area contributed by atoms with Crippen LogP contribution in [0, 0.1) is 0 Å². The molecule has 37 heavy (non-hydrogen) atoms. The minimum Gasteiger partial charge on any atom is -0.462 e. The number of carbonyl (C=O) groups excluding carboxylic acids is 2. The predicted molar refractivity (Wildman–Crippen MR) is 151 cm³/mol. The molecule has 1 amide bonds. The van der Waals surface area contributed by atoms with E-state index in [4.69, 9.17) is 4.74 Å². The van der Waals surface area contributed by atoms with Gasteiger partial charge in [0, 0.05) is 17.0 Å². The molecule has 2 heterocycles. The molecular weight excluding hydrogens is 504 g/mol. The number of hydrogen-bond donors (Lipinski definition) is 1. The summed E-state index contributed by atoms with van der Waals surface area (Å²) in [4.78, 5) is 27.0. The number of nitrogens with zero attached hydrogens (tertiary/aromatic N) is 3. The van der Waals surface area contributed by atoms with Gasteiger partial charge in [0.25, 0.3) is 0 Å². The summed E-state index contributed by atoms with van der Waals surface area (Å²) in [5.41, 5.74) is 3.80. The molecule has 0 spiro atoms. The van der Waals surface area contributed by atoms with Gasteiger partial charge in [-0.1, -0.05) is 62.4 Å². The Morgan fingerprint density at radius 1 is 1.19 bits per heavy atom. The quantitative estimate of drug-likeness (QED) is 0.137. The maximum atomic E-state index is 13.0. The number of nitrogens with one attached hydrogen (secondary N) is 1. The van der Waals surface area contributed by atoms with E-state index in [1.807, 2.05) is 4.57 Å². The number of benzene rings is 1. The summed E-state index contributed by atoms with van der Waals surface area (Å²) in [6.07, 6.45) is 6.86. The number of thiophene rings is 1. The Kier molecular flexibility index (Phi) is 9.21. The number of thioether (sulfide) groups is 1. The number of carbonyl (C=O) groups is 2. The molecule has 196 valence electrons. The number of anilines is 1. The molecule has 1 N–H and O–H groups in total. The summed E-state index contributed by atoms with van der Waals surface area (Å²) in [5, 5.41) is 13.0. The van der Waals surface area contributed by atoms with Gasteiger partial charge in [-0.15, -0.1) is 28.1 Å². The van der Waals surface area contributed by atoms with E-state index in [0.717, 1.165) is 49.1 Å². The van der Waals surface area contributed by atoms with Crippen LogP contribution in [0.4, 0.5) is 5.00 Å². The van der Waals surface area contributed by atoms with E-state index < -0.39 is 0 Å². The standard InChI is InChI=1S/C28H34N4O3S2/c1-5-16-32-25(20-14-12-19(13-15-20)18(3)4)30-31-28(32)36-17-23(33)29-26-24(27(34)35-6-2)21-10-8-7-9-11-22(21)37-26/h5,12-15,18H,1,6-11,16-17H2,2-4H3,(H,29,33). The number of fused-ring (bicyclic) bond motifs is 1. The van der Waals surface area contributed by atoms with Gasteiger partial charge < -0.3 is 10.1 Å². The van der Waals surface area contributed by atoms with Gasteiger partial charge in [-0.25, -0.2) is 4.79 Å². The summed E-state index contributed by atoms with van der Waals surface area (Å²) < 4.78 is 7.30. The van der Waals surface area contributed by atoms with Gasteiger partial charge in [-0.2, -0.15) is 0 Å². The van der Waals surface area contributed by atoms with Crippen molar-refractivity contribution >= 4 is 40.0 Å². The van der Waals surface area contributed by atoms with Gasteiger partial charge in [0.15, 0.2) is 11.0 Å². The fourth-order valence-electron chi connectivity index (χ4n) is 4.46. The summed E-state index contributed by atoms with van der Waals surface area (Å²) in [6, 6.07) is 8.32. The topological polar surface area (TPSA) is 86.1 Å². The number of rotatable bonds is 10. The van der Waals surface area contributed by atoms with Crippen molar-refractivity contribution in [3.05, 3.63) is 58.5 Å². The molecule has 7 nitrogen and oxygen atoms in total. The van der Waals surface area contributed by atoms with Gasteiger partial charge in [-0.05, 0) is 49.7 Å². The number of hydrogen-bond acceptors (Lipinski definition) is 7. The molecule has 9 heteroatoms. The highest BCUT2D eigenvalue weighted by molar-refractivity contribution is 7.99. The molecule has 0 fully saturated rings. The molecule has 1 aliphatic rings. The smallest absolute Gasteiger partial charge is 0.341 e. The SMILES string of the molecule is C=CCn1c(SCC(=O)Nc2sc3c(c2C(=O)OCC)CCCCC3)nnc1-c1ccc(C(C)C)cc1. The number of allylic oxidation sites excluding steroid dienone is 1. The average molecular weight is 539 g/mol.